The zero-order valence-electron chi connectivity index (χ0n) is 79.1. The first-order chi connectivity index (χ1) is 69.1. The van der Waals surface area contributed by atoms with Crippen LogP contribution in [0.2, 0.25) is 25.2 Å². The van der Waals surface area contributed by atoms with Crippen LogP contribution in [0.15, 0.2) is 245 Å². The van der Waals surface area contributed by atoms with E-state index in [-0.39, 0.29) is 125 Å². The van der Waals surface area contributed by atoms with Gasteiger partial charge in [0.2, 0.25) is 23.6 Å². The standard InChI is InChI=1S/C28H27ClN4O6.C27H24Cl2N4O6.C25H22ClN3O6.C21H20ClN3O6/c1-38-24-14-25(39-2)22(13-21(24)29)31-26(35)17-32-23-11-4-3-10-20(23)27(36)33(28(32)37)16-19(34)9-5-7-18-8-6-12-30-15-18;1-15-8-16(10-24(29)30-15)9-17(34)13-33-26(36)18-6-4-5-7-21(18)32(27(33)37)14-25(35)31-20-11-19(28)22(38-2)12-23(20)39-3;1-33-16-10-8-15(9-11-16)29-24(31)17-6-4-5-7-20(17)28(25(29)32)14-23(30)27-19-12-18(26)21(34-2)13-22(19)35-3;1-12(26)10-25-20(28)13-6-4-5-7-16(13)24(21(25)29)11-19(27)23-15-8-14(22)17(30-2)9-18(15)31-3/h3-4,6,8,10-15H,5,7,9,16-17H2,1-2H3,(H,31,35);4-8,10-12H,9,13-14H2,1-3H3,(H,31,35);4-13H,14H2,1-3H3,(H,27,30);4-9H,10-11H2,1-3H3,(H,23,27). The lowest BCUT2D eigenvalue weighted by Crippen LogP contribution is -2.43. The molecule has 0 atom stereocenters. The zero-order valence-corrected chi connectivity index (χ0v) is 82.8. The molecule has 0 bridgehead atoms. The predicted octanol–water partition coefficient (Wildman–Crippen LogP) is 12.6. The van der Waals surface area contributed by atoms with Crippen LogP contribution in [0.4, 0.5) is 22.7 Å². The number of benzene rings is 9. The van der Waals surface area contributed by atoms with E-state index in [1.807, 2.05) is 12.1 Å². The molecule has 9 aromatic carbocycles. The van der Waals surface area contributed by atoms with Gasteiger partial charge in [-0.3, -0.25) is 89.7 Å². The van der Waals surface area contributed by atoms with Crippen LogP contribution in [0.3, 0.4) is 0 Å². The van der Waals surface area contributed by atoms with Gasteiger partial charge in [-0.2, -0.15) is 0 Å². The Labute approximate surface area is 842 Å². The summed E-state index contributed by atoms with van der Waals surface area (Å²) in [5, 5.41) is 12.9. The topological polar surface area (TPSA) is 452 Å². The Morgan fingerprint density at radius 3 is 0.993 bits per heavy atom. The fraction of sp³-hybridized carbons (Fsp3) is 0.218. The number of hydrogen-bond acceptors (Lipinski definition) is 26. The number of halogens is 5. The highest BCUT2D eigenvalue weighted by molar-refractivity contribution is 6.34. The molecule has 144 heavy (non-hydrogen) atoms. The minimum atomic E-state index is -0.800. The van der Waals surface area contributed by atoms with E-state index in [9.17, 15) is 71.9 Å². The van der Waals surface area contributed by atoms with E-state index in [2.05, 4.69) is 31.2 Å². The molecular weight excluding hydrogens is 1970 g/mol. The molecule has 746 valence electrons. The number of para-hydroxylation sites is 4. The number of Topliss-reactive ketones (excluding diaryl/α,β-unsaturated/α-hetero) is 3. The van der Waals surface area contributed by atoms with Gasteiger partial charge in [0.05, 0.1) is 176 Å². The Balaban J connectivity index is 0.000000172. The second-order valence-electron chi connectivity index (χ2n) is 31.6. The first-order valence-electron chi connectivity index (χ1n) is 43.5. The number of nitrogens with zero attached hydrogens (tertiary/aromatic N) is 10. The van der Waals surface area contributed by atoms with Gasteiger partial charge >= 0.3 is 22.8 Å². The zero-order chi connectivity index (χ0) is 104. The van der Waals surface area contributed by atoms with E-state index in [1.54, 1.807) is 147 Å². The molecule has 0 aliphatic heterocycles. The fourth-order valence-corrected chi connectivity index (χ4v) is 16.6. The maximum absolute atomic E-state index is 13.5. The molecule has 4 N–H and O–H groups in total. The summed E-state index contributed by atoms with van der Waals surface area (Å²) in [6, 6.07) is 51.3. The van der Waals surface area contributed by atoms with Crippen molar-refractivity contribution in [3.8, 4) is 57.4 Å². The first-order valence-corrected chi connectivity index (χ1v) is 45.4. The number of aromatic nitrogens is 10. The van der Waals surface area contributed by atoms with Crippen molar-refractivity contribution in [2.75, 3.05) is 85.3 Å². The van der Waals surface area contributed by atoms with Crippen LogP contribution in [-0.4, -0.2) is 151 Å². The molecular formula is C101H93Cl5N14O24. The Kier molecular flexibility index (Phi) is 36.0. The average molecular weight is 2060 g/mol. The third kappa shape index (κ3) is 25.3. The predicted molar refractivity (Wildman–Crippen MR) is 546 cm³/mol. The number of methoxy groups -OCH3 is 9. The maximum Gasteiger partial charge on any atom is 0.336 e. The maximum atomic E-state index is 13.5. The Morgan fingerprint density at radius 2 is 0.667 bits per heavy atom. The smallest absolute Gasteiger partial charge is 0.336 e. The largest absolute Gasteiger partial charge is 0.497 e. The molecule has 0 saturated carbocycles. The van der Waals surface area contributed by atoms with E-state index in [4.69, 9.17) is 101 Å². The van der Waals surface area contributed by atoms with Gasteiger partial charge in [0.25, 0.3) is 22.2 Å². The summed E-state index contributed by atoms with van der Waals surface area (Å²) in [4.78, 5) is 203. The average Bonchev–Trinajstić information content (AvgIpc) is 0.767. The molecule has 4 amide bonds. The molecule has 43 heteroatoms. The number of anilines is 4. The van der Waals surface area contributed by atoms with Gasteiger partial charge in [0.1, 0.15) is 88.9 Å². The second-order valence-corrected chi connectivity index (χ2v) is 33.6. The lowest BCUT2D eigenvalue weighted by atomic mass is 10.1. The monoisotopic (exact) mass is 2060 g/mol. The van der Waals surface area contributed by atoms with Crippen LogP contribution in [-0.2, 0) is 92.2 Å². The summed E-state index contributed by atoms with van der Waals surface area (Å²) in [5.74, 6) is 0.0810. The number of ether oxygens (including phenoxy) is 9. The van der Waals surface area contributed by atoms with Crippen molar-refractivity contribution in [2.24, 2.45) is 0 Å². The first kappa shape index (κ1) is 106. The Bertz CT molecular complexity index is 8000. The third-order valence-electron chi connectivity index (χ3n) is 22.1. The van der Waals surface area contributed by atoms with Gasteiger partial charge < -0.3 is 63.9 Å². The van der Waals surface area contributed by atoms with Gasteiger partial charge in [-0.1, -0.05) is 113 Å². The molecule has 0 saturated heterocycles. The third-order valence-corrected chi connectivity index (χ3v) is 23.4. The Hall–Kier alpha value is -16.4. The summed E-state index contributed by atoms with van der Waals surface area (Å²) in [6.07, 6.45) is 4.74. The molecule has 0 radical (unpaired) electrons. The molecule has 0 fully saturated rings. The molecule has 6 aromatic heterocycles. The van der Waals surface area contributed by atoms with Gasteiger partial charge in [-0.25, -0.2) is 28.7 Å². The lowest BCUT2D eigenvalue weighted by molar-refractivity contribution is -0.120. The molecule has 0 spiro atoms. The number of aryl methyl sites for hydroxylation is 2. The molecule has 15 rings (SSSR count). The SMILES string of the molecule is COc1cc(OC)c(NC(=O)Cn2c(=O)n(CC(=O)CCCc3cccnc3)c(=O)c3ccccc32)cc1Cl.COc1cc(OC)c(NC(=O)Cn2c(=O)n(CC(=O)Cc3cc(C)nc(Cl)c3)c(=O)c3ccccc32)cc1Cl.COc1cc(OC)c(NC(=O)Cn2c(=O)n(CC(C)=O)c(=O)c3ccccc32)cc1Cl.COc1ccc(-n2c(=O)c3ccccc3n(CC(=O)Nc3cc(Cl)c(OC)cc3OC)c2=O)cc1. The van der Waals surface area contributed by atoms with Crippen LogP contribution in [0, 0.1) is 6.92 Å². The Morgan fingerprint density at radius 1 is 0.333 bits per heavy atom. The number of ketones is 3. The van der Waals surface area contributed by atoms with E-state index < -0.39 is 94.8 Å². The summed E-state index contributed by atoms with van der Waals surface area (Å²) >= 11 is 30.7. The second kappa shape index (κ2) is 48.6. The summed E-state index contributed by atoms with van der Waals surface area (Å²) < 4.78 is 55.3. The van der Waals surface area contributed by atoms with Gasteiger partial charge in [-0.15, -0.1) is 0 Å². The highest BCUT2D eigenvalue weighted by Crippen LogP contribution is 2.40. The van der Waals surface area contributed by atoms with Crippen molar-refractivity contribution in [3.63, 3.8) is 0 Å². The van der Waals surface area contributed by atoms with Crippen molar-refractivity contribution < 1.29 is 76.2 Å². The lowest BCUT2D eigenvalue weighted by Gasteiger charge is -2.16. The van der Waals surface area contributed by atoms with Crippen molar-refractivity contribution >= 4 is 165 Å². The number of carbonyl (C=O) groups is 7. The van der Waals surface area contributed by atoms with Crippen molar-refractivity contribution in [1.82, 2.24) is 46.5 Å². The highest BCUT2D eigenvalue weighted by atomic mass is 35.5. The summed E-state index contributed by atoms with van der Waals surface area (Å²) in [7, 11) is 13.1. The number of pyridine rings is 2. The van der Waals surface area contributed by atoms with Crippen molar-refractivity contribution in [2.45, 2.75) is 85.3 Å². The molecule has 15 aromatic rings. The molecule has 0 aliphatic carbocycles. The van der Waals surface area contributed by atoms with E-state index >= 15 is 0 Å². The molecule has 38 nitrogen and oxygen atoms in total. The minimum absolute atomic E-state index is 0.0553. The molecule has 0 unspecified atom stereocenters. The van der Waals surface area contributed by atoms with Crippen molar-refractivity contribution in [3.05, 3.63) is 332 Å². The van der Waals surface area contributed by atoms with Crippen LogP contribution in [0.5, 0.6) is 51.7 Å². The van der Waals surface area contributed by atoms with Crippen LogP contribution < -0.4 is 109 Å². The fourth-order valence-electron chi connectivity index (χ4n) is 15.4. The normalized spacial score (nSPS) is 10.8. The number of amides is 4. The summed E-state index contributed by atoms with van der Waals surface area (Å²) in [6.45, 7) is 0.148. The highest BCUT2D eigenvalue weighted by Gasteiger charge is 2.27. The van der Waals surface area contributed by atoms with Gasteiger partial charge in [-0.05, 0) is 153 Å². The van der Waals surface area contributed by atoms with Gasteiger partial charge in [0, 0.05) is 55.2 Å². The minimum Gasteiger partial charge on any atom is -0.497 e. The molecule has 6 heterocycles. The van der Waals surface area contributed by atoms with Crippen LogP contribution in [0.25, 0.3) is 49.3 Å². The van der Waals surface area contributed by atoms with E-state index in [0.717, 1.165) is 33.0 Å². The number of carbonyl (C=O) groups excluding carboxylic acids is 7. The van der Waals surface area contributed by atoms with Gasteiger partial charge in [0.15, 0.2) is 11.6 Å². The number of fused-ring (bicyclic) bond motifs is 4. The van der Waals surface area contributed by atoms with Crippen LogP contribution in [0.1, 0.15) is 36.6 Å². The summed E-state index contributed by atoms with van der Waals surface area (Å²) in [5.41, 5.74) is -0.380. The number of nitrogens with one attached hydrogen (secondary N) is 4. The quantitative estimate of drug-likeness (QED) is 0.0272. The van der Waals surface area contributed by atoms with E-state index in [0.29, 0.717) is 98.1 Å². The number of hydrogen-bond donors (Lipinski definition) is 4. The van der Waals surface area contributed by atoms with Crippen LogP contribution >= 0.6 is 58.0 Å². The number of rotatable bonds is 34. The molecule has 0 aliphatic rings. The van der Waals surface area contributed by atoms with Crippen molar-refractivity contribution in [1.29, 1.82) is 0 Å². The van der Waals surface area contributed by atoms with E-state index in [1.165, 1.54) is 135 Å².